The van der Waals surface area contributed by atoms with E-state index in [9.17, 15) is 4.79 Å². The fourth-order valence-corrected chi connectivity index (χ4v) is 3.46. The van der Waals surface area contributed by atoms with E-state index in [1.807, 2.05) is 24.3 Å². The molecule has 3 aromatic rings. The molecule has 28 heavy (non-hydrogen) atoms. The van der Waals surface area contributed by atoms with Crippen LogP contribution in [0, 0.1) is 0 Å². The third-order valence-electron chi connectivity index (χ3n) is 5.03. The highest BCUT2D eigenvalue weighted by Crippen LogP contribution is 2.23. The third kappa shape index (κ3) is 4.09. The van der Waals surface area contributed by atoms with Gasteiger partial charge in [0.25, 0.3) is 5.91 Å². The Labute approximate surface area is 163 Å². The number of benzene rings is 1. The molecule has 1 aromatic carbocycles. The first kappa shape index (κ1) is 18.3. The maximum atomic E-state index is 12.7. The van der Waals surface area contributed by atoms with Gasteiger partial charge in [-0.05, 0) is 55.1 Å². The first-order valence-corrected chi connectivity index (χ1v) is 9.50. The maximum absolute atomic E-state index is 12.7. The highest BCUT2D eigenvalue weighted by molar-refractivity contribution is 5.94. The summed E-state index contributed by atoms with van der Waals surface area (Å²) < 4.78 is 5.28. The van der Waals surface area contributed by atoms with Gasteiger partial charge in [0.05, 0.1) is 6.54 Å². The summed E-state index contributed by atoms with van der Waals surface area (Å²) in [6.45, 7) is 2.35. The van der Waals surface area contributed by atoms with Crippen LogP contribution in [0.25, 0.3) is 11.4 Å². The lowest BCUT2D eigenvalue weighted by atomic mass is 9.91. The predicted octanol–water partition coefficient (Wildman–Crippen LogP) is 2.87. The van der Waals surface area contributed by atoms with Gasteiger partial charge in [-0.3, -0.25) is 9.78 Å². The molecular formula is C21H23N5O2. The van der Waals surface area contributed by atoms with Crippen molar-refractivity contribution in [3.8, 4) is 11.4 Å². The Morgan fingerprint density at radius 3 is 2.86 bits per heavy atom. The fourth-order valence-electron chi connectivity index (χ4n) is 3.46. The number of amides is 1. The molecule has 1 amide bonds. The van der Waals surface area contributed by atoms with Gasteiger partial charge in [-0.25, -0.2) is 0 Å². The molecular weight excluding hydrogens is 354 g/mol. The van der Waals surface area contributed by atoms with Gasteiger partial charge in [-0.1, -0.05) is 17.3 Å². The maximum Gasteiger partial charge on any atom is 0.254 e. The number of hydrogen-bond donors (Lipinski definition) is 1. The molecule has 1 fully saturated rings. The van der Waals surface area contributed by atoms with Crippen molar-refractivity contribution in [3.63, 3.8) is 0 Å². The monoisotopic (exact) mass is 377 g/mol. The van der Waals surface area contributed by atoms with Gasteiger partial charge in [0.1, 0.15) is 0 Å². The second-order valence-electron chi connectivity index (χ2n) is 7.08. The number of aromatic nitrogens is 3. The molecule has 4 rings (SSSR count). The van der Waals surface area contributed by atoms with E-state index in [4.69, 9.17) is 4.52 Å². The number of hydrogen-bond acceptors (Lipinski definition) is 6. The largest absolute Gasteiger partial charge is 0.337 e. The molecule has 0 bridgehead atoms. The van der Waals surface area contributed by atoms with Crippen molar-refractivity contribution in [2.75, 3.05) is 20.1 Å². The number of nitrogens with one attached hydrogen (secondary N) is 1. The summed E-state index contributed by atoms with van der Waals surface area (Å²) in [5, 5.41) is 7.39. The number of rotatable bonds is 5. The zero-order chi connectivity index (χ0) is 19.3. The second kappa shape index (κ2) is 8.31. The molecule has 3 heterocycles. The van der Waals surface area contributed by atoms with Crippen LogP contribution >= 0.6 is 0 Å². The van der Waals surface area contributed by atoms with Crippen LogP contribution in [0.3, 0.4) is 0 Å². The summed E-state index contributed by atoms with van der Waals surface area (Å²) in [6.07, 6.45) is 5.75. The Balaban J connectivity index is 1.40. The molecule has 144 valence electrons. The zero-order valence-electron chi connectivity index (χ0n) is 15.8. The van der Waals surface area contributed by atoms with Crippen molar-refractivity contribution in [2.24, 2.45) is 0 Å². The highest BCUT2D eigenvalue weighted by atomic mass is 16.5. The van der Waals surface area contributed by atoms with Crippen molar-refractivity contribution >= 4 is 5.91 Å². The van der Waals surface area contributed by atoms with Crippen molar-refractivity contribution < 1.29 is 9.32 Å². The van der Waals surface area contributed by atoms with Crippen molar-refractivity contribution in [1.82, 2.24) is 25.3 Å². The summed E-state index contributed by atoms with van der Waals surface area (Å²) >= 11 is 0. The smallest absolute Gasteiger partial charge is 0.254 e. The van der Waals surface area contributed by atoms with E-state index in [-0.39, 0.29) is 12.5 Å². The first-order chi connectivity index (χ1) is 13.7. The Morgan fingerprint density at radius 1 is 1.29 bits per heavy atom. The van der Waals surface area contributed by atoms with Crippen molar-refractivity contribution in [2.45, 2.75) is 25.3 Å². The van der Waals surface area contributed by atoms with Crippen LogP contribution in [-0.2, 0) is 6.54 Å². The second-order valence-corrected chi connectivity index (χ2v) is 7.08. The van der Waals surface area contributed by atoms with Crippen LogP contribution in [0.4, 0.5) is 0 Å². The van der Waals surface area contributed by atoms with E-state index in [0.717, 1.165) is 18.7 Å². The number of carbonyl (C=O) groups excluding carboxylic acids is 1. The van der Waals surface area contributed by atoms with Crippen LogP contribution in [0.1, 0.15) is 40.6 Å². The molecule has 0 spiro atoms. The van der Waals surface area contributed by atoms with Gasteiger partial charge in [-0.2, -0.15) is 4.98 Å². The van der Waals surface area contributed by atoms with Gasteiger partial charge in [0, 0.05) is 37.1 Å². The zero-order valence-corrected chi connectivity index (χ0v) is 15.8. The van der Waals surface area contributed by atoms with Gasteiger partial charge < -0.3 is 14.7 Å². The lowest BCUT2D eigenvalue weighted by Gasteiger charge is -2.23. The summed E-state index contributed by atoms with van der Waals surface area (Å²) in [6, 6.07) is 11.6. The topological polar surface area (TPSA) is 84.2 Å². The first-order valence-electron chi connectivity index (χ1n) is 9.50. The fraction of sp³-hybridized carbons (Fsp3) is 0.333. The molecule has 0 radical (unpaired) electrons. The molecule has 0 unspecified atom stereocenters. The molecule has 1 aliphatic heterocycles. The average molecular weight is 377 g/mol. The van der Waals surface area contributed by atoms with E-state index in [1.165, 1.54) is 18.4 Å². The van der Waals surface area contributed by atoms with E-state index < -0.39 is 0 Å². The Morgan fingerprint density at radius 2 is 2.14 bits per heavy atom. The van der Waals surface area contributed by atoms with E-state index >= 15 is 0 Å². The van der Waals surface area contributed by atoms with Crippen LogP contribution < -0.4 is 5.32 Å². The summed E-state index contributed by atoms with van der Waals surface area (Å²) in [5.74, 6) is 1.31. The number of carbonyl (C=O) groups is 1. The predicted molar refractivity (Wildman–Crippen MR) is 105 cm³/mol. The van der Waals surface area contributed by atoms with Gasteiger partial charge >= 0.3 is 0 Å². The Hall–Kier alpha value is -3.06. The van der Waals surface area contributed by atoms with E-state index in [0.29, 0.717) is 23.2 Å². The molecule has 1 N–H and O–H groups in total. The van der Waals surface area contributed by atoms with E-state index in [2.05, 4.69) is 32.6 Å². The molecule has 0 aliphatic carbocycles. The highest BCUT2D eigenvalue weighted by Gasteiger charge is 2.18. The van der Waals surface area contributed by atoms with Crippen LogP contribution in [-0.4, -0.2) is 46.1 Å². The molecule has 1 saturated heterocycles. The normalized spacial score (nSPS) is 16.7. The molecule has 1 atom stereocenters. The summed E-state index contributed by atoms with van der Waals surface area (Å²) in [5.41, 5.74) is 2.71. The van der Waals surface area contributed by atoms with E-state index in [1.54, 1.807) is 24.3 Å². The van der Waals surface area contributed by atoms with Gasteiger partial charge in [-0.15, -0.1) is 0 Å². The summed E-state index contributed by atoms with van der Waals surface area (Å²) in [7, 11) is 1.73. The Kier molecular flexibility index (Phi) is 5.43. The molecule has 1 aliphatic rings. The third-order valence-corrected chi connectivity index (χ3v) is 5.03. The lowest BCUT2D eigenvalue weighted by Crippen LogP contribution is -2.28. The van der Waals surface area contributed by atoms with Crippen LogP contribution in [0.15, 0.2) is 53.3 Å². The number of pyridine rings is 1. The van der Waals surface area contributed by atoms with Gasteiger partial charge in [0.2, 0.25) is 11.7 Å². The average Bonchev–Trinajstić information content (AvgIpc) is 3.23. The Bertz CT molecular complexity index is 917. The lowest BCUT2D eigenvalue weighted by molar-refractivity contribution is 0.0769. The quantitative estimate of drug-likeness (QED) is 0.736. The standard InChI is InChI=1S/C21H23N5O2/c1-26(14-19-24-20(25-28-19)18-5-3-11-23-13-18)21(27)16-8-6-15(7-9-16)17-4-2-10-22-12-17/h3,5-9,11,13,17,22H,2,4,10,12,14H2,1H3/t17-/m1/s1. The number of nitrogens with zero attached hydrogens (tertiary/aromatic N) is 4. The van der Waals surface area contributed by atoms with Crippen LogP contribution in [0.2, 0.25) is 0 Å². The molecule has 7 heteroatoms. The minimum Gasteiger partial charge on any atom is -0.337 e. The minimum absolute atomic E-state index is 0.0746. The van der Waals surface area contributed by atoms with Gasteiger partial charge in [0.15, 0.2) is 0 Å². The number of piperidine rings is 1. The minimum atomic E-state index is -0.0746. The molecule has 7 nitrogen and oxygen atoms in total. The summed E-state index contributed by atoms with van der Waals surface area (Å²) in [4.78, 5) is 22.7. The molecule has 0 saturated carbocycles. The van der Waals surface area contributed by atoms with Crippen LogP contribution in [0.5, 0.6) is 0 Å². The molecule has 2 aromatic heterocycles. The van der Waals surface area contributed by atoms with Crippen molar-refractivity contribution in [3.05, 3.63) is 65.8 Å². The SMILES string of the molecule is CN(Cc1nc(-c2cccnc2)no1)C(=O)c1ccc([C@@H]2CCCNC2)cc1. The van der Waals surface area contributed by atoms with Crippen molar-refractivity contribution in [1.29, 1.82) is 0 Å².